The lowest BCUT2D eigenvalue weighted by molar-refractivity contribution is -0.151. The Hall–Kier alpha value is -2.77. The van der Waals surface area contributed by atoms with Gasteiger partial charge in [-0.25, -0.2) is 0 Å². The van der Waals surface area contributed by atoms with Crippen molar-refractivity contribution in [2.45, 2.75) is 13.3 Å². The molecule has 1 fully saturated rings. The summed E-state index contributed by atoms with van der Waals surface area (Å²) in [6, 6.07) is 11.8. The standard InChI is InChI=1S/C21H20Cl2N2O5/c1-2-29-15-8-6-14(7-9-15)24-18(26)12-30-21(28)13-10-19(27)25(11-13)17-5-3-4-16(22)20(17)23/h3-9,13H,2,10-12H2,1H3,(H,24,26)/t13-/m0/s1. The van der Waals surface area contributed by atoms with Crippen molar-refractivity contribution in [3.63, 3.8) is 0 Å². The molecule has 0 radical (unpaired) electrons. The fraction of sp³-hybridized carbons (Fsp3) is 0.286. The van der Waals surface area contributed by atoms with Gasteiger partial charge in [0.15, 0.2) is 6.61 Å². The molecule has 9 heteroatoms. The number of rotatable bonds is 7. The molecule has 0 aromatic heterocycles. The van der Waals surface area contributed by atoms with Gasteiger partial charge < -0.3 is 19.7 Å². The van der Waals surface area contributed by atoms with Gasteiger partial charge in [-0.05, 0) is 43.3 Å². The molecule has 1 saturated heterocycles. The number of carbonyl (C=O) groups excluding carboxylic acids is 3. The second kappa shape index (κ2) is 9.82. The molecule has 158 valence electrons. The van der Waals surface area contributed by atoms with E-state index < -0.39 is 24.4 Å². The van der Waals surface area contributed by atoms with Crippen LogP contribution in [0, 0.1) is 5.92 Å². The number of hydrogen-bond donors (Lipinski definition) is 1. The highest BCUT2D eigenvalue weighted by molar-refractivity contribution is 6.44. The zero-order valence-electron chi connectivity index (χ0n) is 16.2. The summed E-state index contributed by atoms with van der Waals surface area (Å²) in [6.45, 7) is 2.09. The Labute approximate surface area is 183 Å². The van der Waals surface area contributed by atoms with Crippen LogP contribution in [0.5, 0.6) is 5.75 Å². The number of carbonyl (C=O) groups is 3. The molecule has 2 aromatic rings. The topological polar surface area (TPSA) is 84.9 Å². The van der Waals surface area contributed by atoms with E-state index in [1.807, 2.05) is 6.92 Å². The number of esters is 1. The molecule has 0 aliphatic carbocycles. The maximum atomic E-state index is 12.3. The molecule has 0 saturated carbocycles. The first-order valence-electron chi connectivity index (χ1n) is 9.32. The van der Waals surface area contributed by atoms with Crippen molar-refractivity contribution in [1.29, 1.82) is 0 Å². The molecular weight excluding hydrogens is 431 g/mol. The normalized spacial score (nSPS) is 15.8. The average Bonchev–Trinajstić information content (AvgIpc) is 3.11. The smallest absolute Gasteiger partial charge is 0.311 e. The summed E-state index contributed by atoms with van der Waals surface area (Å²) in [6.07, 6.45) is -0.0256. The van der Waals surface area contributed by atoms with Gasteiger partial charge in [-0.15, -0.1) is 0 Å². The van der Waals surface area contributed by atoms with Crippen LogP contribution >= 0.6 is 23.2 Å². The van der Waals surface area contributed by atoms with Gasteiger partial charge in [0.1, 0.15) is 5.75 Å². The summed E-state index contributed by atoms with van der Waals surface area (Å²) < 4.78 is 10.4. The SMILES string of the molecule is CCOc1ccc(NC(=O)COC(=O)[C@H]2CC(=O)N(c3cccc(Cl)c3Cl)C2)cc1. The number of nitrogens with zero attached hydrogens (tertiary/aromatic N) is 1. The van der Waals surface area contributed by atoms with Crippen LogP contribution in [0.3, 0.4) is 0 Å². The van der Waals surface area contributed by atoms with Gasteiger partial charge in [0.2, 0.25) is 5.91 Å². The highest BCUT2D eigenvalue weighted by Gasteiger charge is 2.37. The van der Waals surface area contributed by atoms with E-state index >= 15 is 0 Å². The average molecular weight is 451 g/mol. The molecule has 1 N–H and O–H groups in total. The molecule has 0 unspecified atom stereocenters. The van der Waals surface area contributed by atoms with E-state index in [9.17, 15) is 14.4 Å². The van der Waals surface area contributed by atoms with Crippen molar-refractivity contribution in [2.24, 2.45) is 5.92 Å². The Balaban J connectivity index is 1.52. The zero-order chi connectivity index (χ0) is 21.7. The summed E-state index contributed by atoms with van der Waals surface area (Å²) in [4.78, 5) is 38.1. The van der Waals surface area contributed by atoms with E-state index in [0.717, 1.165) is 0 Å². The van der Waals surface area contributed by atoms with E-state index in [1.165, 1.54) is 4.90 Å². The Bertz CT molecular complexity index is 949. The Morgan fingerprint density at radius 3 is 2.60 bits per heavy atom. The predicted octanol–water partition coefficient (Wildman–Crippen LogP) is 3.93. The number of halogens is 2. The van der Waals surface area contributed by atoms with Crippen molar-refractivity contribution in [3.05, 3.63) is 52.5 Å². The van der Waals surface area contributed by atoms with E-state index in [4.69, 9.17) is 32.7 Å². The van der Waals surface area contributed by atoms with Crippen molar-refractivity contribution in [2.75, 3.05) is 30.0 Å². The van der Waals surface area contributed by atoms with E-state index in [2.05, 4.69) is 5.32 Å². The van der Waals surface area contributed by atoms with Crippen molar-refractivity contribution in [3.8, 4) is 5.75 Å². The summed E-state index contributed by atoms with van der Waals surface area (Å²) in [5.41, 5.74) is 0.995. The van der Waals surface area contributed by atoms with Crippen molar-refractivity contribution >= 4 is 52.4 Å². The Kier molecular flexibility index (Phi) is 7.18. The first-order chi connectivity index (χ1) is 14.4. The minimum Gasteiger partial charge on any atom is -0.494 e. The number of hydrogen-bond acceptors (Lipinski definition) is 5. The number of anilines is 2. The molecule has 7 nitrogen and oxygen atoms in total. The maximum absolute atomic E-state index is 12.3. The molecule has 2 amide bonds. The van der Waals surface area contributed by atoms with Crippen LogP contribution < -0.4 is 15.0 Å². The summed E-state index contributed by atoms with van der Waals surface area (Å²) in [7, 11) is 0. The van der Waals surface area contributed by atoms with Gasteiger partial charge in [0.05, 0.1) is 28.3 Å². The fourth-order valence-electron chi connectivity index (χ4n) is 3.05. The second-order valence-electron chi connectivity index (χ2n) is 6.59. The van der Waals surface area contributed by atoms with Gasteiger partial charge in [0.25, 0.3) is 5.91 Å². The molecule has 3 rings (SSSR count). The summed E-state index contributed by atoms with van der Waals surface area (Å²) >= 11 is 12.2. The summed E-state index contributed by atoms with van der Waals surface area (Å²) in [5.74, 6) is -1.36. The monoisotopic (exact) mass is 450 g/mol. The molecule has 1 atom stereocenters. The Morgan fingerprint density at radius 2 is 1.90 bits per heavy atom. The molecule has 30 heavy (non-hydrogen) atoms. The van der Waals surface area contributed by atoms with Gasteiger partial charge in [-0.3, -0.25) is 14.4 Å². The quantitative estimate of drug-likeness (QED) is 0.645. The van der Waals surface area contributed by atoms with Crippen LogP contribution in [0.25, 0.3) is 0 Å². The molecule has 0 bridgehead atoms. The second-order valence-corrected chi connectivity index (χ2v) is 7.38. The first kappa shape index (κ1) is 21.9. The van der Waals surface area contributed by atoms with Crippen LogP contribution in [0.4, 0.5) is 11.4 Å². The summed E-state index contributed by atoms with van der Waals surface area (Å²) in [5, 5.41) is 3.20. The van der Waals surface area contributed by atoms with Gasteiger partial charge >= 0.3 is 5.97 Å². The number of ether oxygens (including phenoxy) is 2. The molecule has 1 heterocycles. The van der Waals surface area contributed by atoms with Crippen LogP contribution in [0.2, 0.25) is 10.0 Å². The highest BCUT2D eigenvalue weighted by Crippen LogP contribution is 2.35. The minimum absolute atomic E-state index is 0.0256. The van der Waals surface area contributed by atoms with Gasteiger partial charge in [-0.2, -0.15) is 0 Å². The van der Waals surface area contributed by atoms with Crippen LogP contribution in [0.1, 0.15) is 13.3 Å². The van der Waals surface area contributed by atoms with Crippen LogP contribution in [-0.4, -0.2) is 37.5 Å². The van der Waals surface area contributed by atoms with E-state index in [-0.39, 0.29) is 23.9 Å². The molecular formula is C21H20Cl2N2O5. The largest absolute Gasteiger partial charge is 0.494 e. The van der Waals surface area contributed by atoms with Gasteiger partial charge in [0, 0.05) is 18.7 Å². The molecule has 2 aromatic carbocycles. The number of nitrogens with one attached hydrogen (secondary N) is 1. The highest BCUT2D eigenvalue weighted by atomic mass is 35.5. The van der Waals surface area contributed by atoms with E-state index in [1.54, 1.807) is 42.5 Å². The lowest BCUT2D eigenvalue weighted by atomic mass is 10.1. The third-order valence-electron chi connectivity index (χ3n) is 4.47. The molecule has 0 spiro atoms. The van der Waals surface area contributed by atoms with E-state index in [0.29, 0.717) is 28.8 Å². The number of amides is 2. The van der Waals surface area contributed by atoms with Crippen molar-refractivity contribution < 1.29 is 23.9 Å². The molecule has 1 aliphatic rings. The lowest BCUT2D eigenvalue weighted by Gasteiger charge is -2.18. The fourth-order valence-corrected chi connectivity index (χ4v) is 3.45. The Morgan fingerprint density at radius 1 is 1.17 bits per heavy atom. The zero-order valence-corrected chi connectivity index (χ0v) is 17.7. The third-order valence-corrected chi connectivity index (χ3v) is 5.28. The van der Waals surface area contributed by atoms with Gasteiger partial charge in [-0.1, -0.05) is 29.3 Å². The van der Waals surface area contributed by atoms with Crippen LogP contribution in [-0.2, 0) is 19.1 Å². The number of benzene rings is 2. The predicted molar refractivity (Wildman–Crippen MR) is 114 cm³/mol. The minimum atomic E-state index is -0.689. The first-order valence-corrected chi connectivity index (χ1v) is 10.1. The molecule has 1 aliphatic heterocycles. The van der Waals surface area contributed by atoms with Crippen LogP contribution in [0.15, 0.2) is 42.5 Å². The third kappa shape index (κ3) is 5.23. The lowest BCUT2D eigenvalue weighted by Crippen LogP contribution is -2.28. The maximum Gasteiger partial charge on any atom is 0.311 e. The van der Waals surface area contributed by atoms with Crippen molar-refractivity contribution in [1.82, 2.24) is 0 Å².